The van der Waals surface area contributed by atoms with Crippen molar-refractivity contribution in [2.75, 3.05) is 13.2 Å². The van der Waals surface area contributed by atoms with Crippen LogP contribution in [-0.2, 0) is 14.3 Å². The van der Waals surface area contributed by atoms with Crippen molar-refractivity contribution < 1.29 is 44.9 Å². The van der Waals surface area contributed by atoms with Gasteiger partial charge in [-0.15, -0.1) is 0 Å². The lowest BCUT2D eigenvalue weighted by molar-refractivity contribution is -0.302. The minimum Gasteiger partial charge on any atom is -0.394 e. The molecule has 1 rings (SSSR count). The summed E-state index contributed by atoms with van der Waals surface area (Å²) < 4.78 is 11.1. The normalized spacial score (nSPS) is 20.5. The quantitative estimate of drug-likeness (QED) is 0.0232. The van der Waals surface area contributed by atoms with Gasteiger partial charge in [0.15, 0.2) is 6.29 Å². The van der Waals surface area contributed by atoms with E-state index in [2.05, 4.69) is 67.8 Å². The maximum absolute atomic E-state index is 13.1. The summed E-state index contributed by atoms with van der Waals surface area (Å²) >= 11 is 0. The van der Waals surface area contributed by atoms with Gasteiger partial charge < -0.3 is 45.4 Å². The zero-order valence-corrected chi connectivity index (χ0v) is 43.5. The Bertz CT molecular complexity index is 1270. The maximum Gasteiger partial charge on any atom is 0.249 e. The second-order valence-electron chi connectivity index (χ2n) is 19.5. The SMILES string of the molecule is CCC/C=C/CC/C=C/CC/C=C/C(O)C(COC1OC(CO)C(O)C(O)C1O)NC(=O)C(O)CCCCCCCCCCCCCCCCCC/C=C\C/C=C\CCCCCCCCCCC. The van der Waals surface area contributed by atoms with E-state index in [0.29, 0.717) is 19.3 Å². The van der Waals surface area contributed by atoms with E-state index in [4.69, 9.17) is 9.47 Å². The lowest BCUT2D eigenvalue weighted by Gasteiger charge is -2.40. The topological polar surface area (TPSA) is 169 Å². The van der Waals surface area contributed by atoms with E-state index in [1.54, 1.807) is 6.08 Å². The number of amides is 1. The fraction of sp³-hybridized carbons (Fsp3) is 0.810. The fourth-order valence-corrected chi connectivity index (χ4v) is 8.59. The number of hydrogen-bond acceptors (Lipinski definition) is 9. The highest BCUT2D eigenvalue weighted by molar-refractivity contribution is 5.80. The van der Waals surface area contributed by atoms with Crippen LogP contribution in [0.3, 0.4) is 0 Å². The van der Waals surface area contributed by atoms with Crippen LogP contribution in [0.2, 0.25) is 0 Å². The van der Waals surface area contributed by atoms with Crippen LogP contribution in [0.15, 0.2) is 60.8 Å². The molecular weight excluding hydrogens is 855 g/mol. The molecule has 0 bridgehead atoms. The van der Waals surface area contributed by atoms with Crippen LogP contribution in [0.4, 0.5) is 0 Å². The van der Waals surface area contributed by atoms with Crippen molar-refractivity contribution in [1.29, 1.82) is 0 Å². The minimum absolute atomic E-state index is 0.299. The molecule has 0 aromatic carbocycles. The zero-order valence-electron chi connectivity index (χ0n) is 43.5. The van der Waals surface area contributed by atoms with Crippen LogP contribution in [0.5, 0.6) is 0 Å². The Morgan fingerprint density at radius 2 is 0.941 bits per heavy atom. The molecule has 0 aromatic heterocycles. The van der Waals surface area contributed by atoms with Gasteiger partial charge in [0, 0.05) is 0 Å². The number of nitrogens with one attached hydrogen (secondary N) is 1. The Balaban J connectivity index is 2.16. The Labute approximate surface area is 416 Å². The Kier molecular flexibility index (Phi) is 44.3. The Hall–Kier alpha value is -2.15. The first-order valence-corrected chi connectivity index (χ1v) is 28.1. The van der Waals surface area contributed by atoms with Crippen molar-refractivity contribution in [2.24, 2.45) is 0 Å². The monoisotopic (exact) mass is 960 g/mol. The van der Waals surface area contributed by atoms with Crippen molar-refractivity contribution >= 4 is 5.91 Å². The summed E-state index contributed by atoms with van der Waals surface area (Å²) in [7, 11) is 0. The molecule has 0 radical (unpaired) electrons. The predicted molar refractivity (Wildman–Crippen MR) is 282 cm³/mol. The van der Waals surface area contributed by atoms with Gasteiger partial charge in [0.1, 0.15) is 30.5 Å². The summed E-state index contributed by atoms with van der Waals surface area (Å²) in [6.45, 7) is 3.51. The average molecular weight is 960 g/mol. The summed E-state index contributed by atoms with van der Waals surface area (Å²) in [5.74, 6) is -0.632. The van der Waals surface area contributed by atoms with Gasteiger partial charge in [-0.1, -0.05) is 229 Å². The number of hydrogen-bond donors (Lipinski definition) is 7. The zero-order chi connectivity index (χ0) is 49.6. The molecule has 396 valence electrons. The van der Waals surface area contributed by atoms with E-state index < -0.39 is 61.5 Å². The van der Waals surface area contributed by atoms with E-state index in [9.17, 15) is 35.4 Å². The van der Waals surface area contributed by atoms with Crippen molar-refractivity contribution in [1.82, 2.24) is 5.32 Å². The molecule has 0 aromatic rings. The Morgan fingerprint density at radius 3 is 1.41 bits per heavy atom. The average Bonchev–Trinajstić information content (AvgIpc) is 3.34. The molecule has 1 fully saturated rings. The minimum atomic E-state index is -1.62. The first-order valence-electron chi connectivity index (χ1n) is 28.1. The van der Waals surface area contributed by atoms with Crippen LogP contribution < -0.4 is 5.32 Å². The van der Waals surface area contributed by atoms with Crippen molar-refractivity contribution in [3.63, 3.8) is 0 Å². The van der Waals surface area contributed by atoms with Gasteiger partial charge in [-0.2, -0.15) is 0 Å². The predicted octanol–water partition coefficient (Wildman–Crippen LogP) is 12.5. The highest BCUT2D eigenvalue weighted by Gasteiger charge is 2.44. The maximum atomic E-state index is 13.1. The molecular formula is C58H105NO9. The van der Waals surface area contributed by atoms with Crippen LogP contribution >= 0.6 is 0 Å². The number of ether oxygens (including phenoxy) is 2. The number of rotatable bonds is 47. The third-order valence-electron chi connectivity index (χ3n) is 13.1. The number of carbonyl (C=O) groups excluding carboxylic acids is 1. The van der Waals surface area contributed by atoms with Gasteiger partial charge in [0.2, 0.25) is 5.91 Å². The molecule has 0 spiro atoms. The lowest BCUT2D eigenvalue weighted by atomic mass is 9.99. The summed E-state index contributed by atoms with van der Waals surface area (Å²) in [5.41, 5.74) is 0. The van der Waals surface area contributed by atoms with E-state index in [1.807, 2.05) is 6.08 Å². The second kappa shape index (κ2) is 47.2. The van der Waals surface area contributed by atoms with E-state index >= 15 is 0 Å². The molecule has 1 heterocycles. The van der Waals surface area contributed by atoms with Gasteiger partial charge in [-0.05, 0) is 70.6 Å². The molecule has 1 saturated heterocycles. The third kappa shape index (κ3) is 35.9. The third-order valence-corrected chi connectivity index (χ3v) is 13.1. The van der Waals surface area contributed by atoms with Gasteiger partial charge in [-0.25, -0.2) is 0 Å². The van der Waals surface area contributed by atoms with Gasteiger partial charge in [0.05, 0.1) is 25.4 Å². The van der Waals surface area contributed by atoms with E-state index in [1.165, 1.54) is 148 Å². The fourth-order valence-electron chi connectivity index (χ4n) is 8.59. The van der Waals surface area contributed by atoms with Crippen molar-refractivity contribution in [2.45, 2.75) is 288 Å². The van der Waals surface area contributed by atoms with Crippen molar-refractivity contribution in [3.8, 4) is 0 Å². The largest absolute Gasteiger partial charge is 0.394 e. The Morgan fingerprint density at radius 1 is 0.515 bits per heavy atom. The number of allylic oxidation sites excluding steroid dienone is 9. The van der Waals surface area contributed by atoms with Crippen LogP contribution in [0.25, 0.3) is 0 Å². The van der Waals surface area contributed by atoms with Crippen LogP contribution in [0.1, 0.15) is 239 Å². The first-order chi connectivity index (χ1) is 33.3. The standard InChI is InChI=1S/C58H105NO9/c1-3-5-7-9-11-13-15-16-17-18-19-20-21-22-23-24-25-26-27-28-29-30-31-32-33-34-35-37-39-41-43-45-47-52(62)57(66)59-50(49-67-58-56(65)55(64)54(63)53(48-60)68-58)51(61)46-44-42-40-38-36-14-12-10-8-6-4-2/h8,10,19-20,22-23,36,38,44,46,50-56,58,60-65H,3-7,9,11-18,21,24-35,37,39-43,45,47-49H2,1-2H3,(H,59,66)/b10-8+,20-19-,23-22-,38-36+,46-44+. The molecule has 7 N–H and O–H groups in total. The van der Waals surface area contributed by atoms with Gasteiger partial charge in [0.25, 0.3) is 0 Å². The number of unbranched alkanes of at least 4 members (excludes halogenated alkanes) is 28. The first kappa shape index (κ1) is 63.9. The number of aliphatic hydroxyl groups excluding tert-OH is 6. The second-order valence-corrected chi connectivity index (χ2v) is 19.5. The molecule has 68 heavy (non-hydrogen) atoms. The number of carbonyl (C=O) groups is 1. The van der Waals surface area contributed by atoms with Gasteiger partial charge >= 0.3 is 0 Å². The number of aliphatic hydroxyl groups is 6. The highest BCUT2D eigenvalue weighted by atomic mass is 16.7. The summed E-state index contributed by atoms with van der Waals surface area (Å²) in [4.78, 5) is 13.1. The molecule has 0 saturated carbocycles. The summed E-state index contributed by atoms with van der Waals surface area (Å²) in [5, 5.41) is 64.7. The molecule has 1 aliphatic rings. The van der Waals surface area contributed by atoms with Crippen molar-refractivity contribution in [3.05, 3.63) is 60.8 Å². The summed E-state index contributed by atoms with van der Waals surface area (Å²) in [6.07, 6.45) is 53.5. The molecule has 1 amide bonds. The molecule has 0 aliphatic carbocycles. The smallest absolute Gasteiger partial charge is 0.249 e. The molecule has 1 aliphatic heterocycles. The van der Waals surface area contributed by atoms with Crippen LogP contribution in [-0.4, -0.2) is 98.7 Å². The summed E-state index contributed by atoms with van der Waals surface area (Å²) in [6, 6.07) is -1.00. The lowest BCUT2D eigenvalue weighted by Crippen LogP contribution is -2.60. The van der Waals surface area contributed by atoms with E-state index in [-0.39, 0.29) is 6.61 Å². The molecule has 8 atom stereocenters. The van der Waals surface area contributed by atoms with Gasteiger partial charge in [-0.3, -0.25) is 4.79 Å². The molecule has 10 nitrogen and oxygen atoms in total. The molecule has 10 heteroatoms. The molecule has 8 unspecified atom stereocenters. The highest BCUT2D eigenvalue weighted by Crippen LogP contribution is 2.23. The van der Waals surface area contributed by atoms with E-state index in [0.717, 1.165) is 57.8 Å². The van der Waals surface area contributed by atoms with Crippen LogP contribution in [0, 0.1) is 0 Å².